The maximum Gasteiger partial charge on any atom is 0.355 e. The molecule has 0 aliphatic heterocycles. The van der Waals surface area contributed by atoms with E-state index >= 15 is 0 Å². The first-order valence-electron chi connectivity index (χ1n) is 11.7. The molecule has 0 spiro atoms. The molecule has 5 rings (SSSR count). The van der Waals surface area contributed by atoms with Crippen molar-refractivity contribution in [1.82, 2.24) is 24.3 Å². The first-order chi connectivity index (χ1) is 18.1. The molecule has 3 aromatic heterocycles. The minimum absolute atomic E-state index is 0.0558. The molecule has 5 aromatic rings. The number of halogens is 2. The number of thiazole rings is 1. The number of hydrogen-bond acceptors (Lipinski definition) is 6. The van der Waals surface area contributed by atoms with Gasteiger partial charge in [-0.2, -0.15) is 9.78 Å². The molecular formula is C27H23Cl2N5O2S2. The number of aryl methyl sites for hydroxylation is 2. The van der Waals surface area contributed by atoms with Gasteiger partial charge in [0, 0.05) is 34.5 Å². The first kappa shape index (κ1) is 26.5. The van der Waals surface area contributed by atoms with Crippen LogP contribution in [0.2, 0.25) is 10.0 Å². The largest absolute Gasteiger partial charge is 0.476 e. The molecule has 3 heterocycles. The first-order valence-corrected chi connectivity index (χ1v) is 14.1. The second kappa shape index (κ2) is 10.6. The molecule has 2 aromatic carbocycles. The van der Waals surface area contributed by atoms with Crippen molar-refractivity contribution in [2.24, 2.45) is 0 Å². The number of imidazole rings is 1. The van der Waals surface area contributed by atoms with Crippen molar-refractivity contribution >= 4 is 52.3 Å². The second-order valence-corrected chi connectivity index (χ2v) is 12.6. The van der Waals surface area contributed by atoms with Gasteiger partial charge in [-0.3, -0.25) is 0 Å². The number of aromatic carboxylic acids is 1. The minimum atomic E-state index is -1.09. The zero-order valence-electron chi connectivity index (χ0n) is 20.9. The molecule has 0 saturated heterocycles. The Labute approximate surface area is 238 Å². The molecule has 0 amide bonds. The molecule has 0 atom stereocenters. The van der Waals surface area contributed by atoms with E-state index in [0.29, 0.717) is 32.1 Å². The van der Waals surface area contributed by atoms with E-state index in [2.05, 4.69) is 23.9 Å². The van der Waals surface area contributed by atoms with Crippen LogP contribution in [0.4, 0.5) is 0 Å². The van der Waals surface area contributed by atoms with Crippen LogP contribution in [0.5, 0.6) is 0 Å². The highest BCUT2D eigenvalue weighted by molar-refractivity contribution is 8.01. The van der Waals surface area contributed by atoms with Gasteiger partial charge in [-0.25, -0.2) is 14.8 Å². The third-order valence-corrected chi connectivity index (χ3v) is 8.70. The van der Waals surface area contributed by atoms with Crippen molar-refractivity contribution in [3.63, 3.8) is 0 Å². The summed E-state index contributed by atoms with van der Waals surface area (Å²) < 4.78 is 4.26. The normalized spacial score (nSPS) is 11.4. The van der Waals surface area contributed by atoms with Crippen molar-refractivity contribution in [3.05, 3.63) is 82.1 Å². The van der Waals surface area contributed by atoms with Crippen molar-refractivity contribution < 1.29 is 9.90 Å². The van der Waals surface area contributed by atoms with E-state index in [1.54, 1.807) is 36.4 Å². The predicted molar refractivity (Wildman–Crippen MR) is 155 cm³/mol. The highest BCUT2D eigenvalue weighted by Gasteiger charge is 2.27. The van der Waals surface area contributed by atoms with Gasteiger partial charge < -0.3 is 9.67 Å². The monoisotopic (exact) mass is 583 g/mol. The topological polar surface area (TPSA) is 85.8 Å². The average Bonchev–Trinajstić information content (AvgIpc) is 3.59. The number of carbonyl (C=O) groups is 1. The maximum atomic E-state index is 12.7. The fourth-order valence-electron chi connectivity index (χ4n) is 4.18. The number of carboxylic acids is 1. The Morgan fingerprint density at radius 3 is 2.53 bits per heavy atom. The maximum absolute atomic E-state index is 12.7. The van der Waals surface area contributed by atoms with Gasteiger partial charge in [0.25, 0.3) is 0 Å². The van der Waals surface area contributed by atoms with Crippen LogP contribution in [-0.2, 0) is 0 Å². The lowest BCUT2D eigenvalue weighted by molar-refractivity contribution is 0.0688. The van der Waals surface area contributed by atoms with Crippen molar-refractivity contribution in [2.45, 2.75) is 37.2 Å². The molecule has 0 saturated carbocycles. The van der Waals surface area contributed by atoms with Crippen LogP contribution in [0.15, 0.2) is 59.3 Å². The highest BCUT2D eigenvalue weighted by atomic mass is 35.5. The van der Waals surface area contributed by atoms with E-state index in [1.165, 1.54) is 16.0 Å². The number of rotatable bonds is 7. The Balaban J connectivity index is 1.69. The smallest absolute Gasteiger partial charge is 0.355 e. The van der Waals surface area contributed by atoms with Crippen LogP contribution in [0.3, 0.4) is 0 Å². The van der Waals surface area contributed by atoms with Crippen LogP contribution < -0.4 is 0 Å². The molecule has 194 valence electrons. The molecule has 0 aliphatic carbocycles. The lowest BCUT2D eigenvalue weighted by atomic mass is 10.0. The average molecular weight is 585 g/mol. The van der Waals surface area contributed by atoms with Gasteiger partial charge in [-0.15, -0.1) is 11.8 Å². The van der Waals surface area contributed by atoms with Gasteiger partial charge in [0.15, 0.2) is 5.69 Å². The minimum Gasteiger partial charge on any atom is -0.476 e. The Hall–Kier alpha value is -3.11. The van der Waals surface area contributed by atoms with Crippen LogP contribution in [0.1, 0.15) is 35.6 Å². The molecule has 11 heteroatoms. The molecule has 0 aliphatic rings. The van der Waals surface area contributed by atoms with Gasteiger partial charge >= 0.3 is 5.97 Å². The Bertz CT molecular complexity index is 1660. The van der Waals surface area contributed by atoms with E-state index in [4.69, 9.17) is 28.2 Å². The quantitative estimate of drug-likeness (QED) is 0.195. The second-order valence-electron chi connectivity index (χ2n) is 8.98. The van der Waals surface area contributed by atoms with Gasteiger partial charge in [0.1, 0.15) is 0 Å². The predicted octanol–water partition coefficient (Wildman–Crippen LogP) is 7.97. The van der Waals surface area contributed by atoms with Gasteiger partial charge in [-0.05, 0) is 49.2 Å². The number of aromatic nitrogens is 5. The molecule has 1 N–H and O–H groups in total. The molecule has 0 fully saturated rings. The number of nitrogens with zero attached hydrogens (tertiary/aromatic N) is 5. The Kier molecular flexibility index (Phi) is 7.37. The standard InChI is InChI=1S/C27H23Cl2N5O2S2/c1-14(2)37-26-23(17-5-6-20(28)21(29)12-17)31-27(38-26)34-24(25(35)36)22(16(4)32-34)18-9-15(3)10-19(11-18)33-8-7-30-13-33/h5-14H,1-4H3,(H,35,36). The molecule has 0 unspecified atom stereocenters. The van der Waals surface area contributed by atoms with E-state index in [0.717, 1.165) is 26.6 Å². The lowest BCUT2D eigenvalue weighted by Crippen LogP contribution is -2.09. The number of thioether (sulfide) groups is 1. The molecular weight excluding hydrogens is 561 g/mol. The van der Waals surface area contributed by atoms with Crippen LogP contribution in [-0.4, -0.2) is 40.6 Å². The Morgan fingerprint density at radius 1 is 1.08 bits per heavy atom. The van der Waals surface area contributed by atoms with E-state index in [-0.39, 0.29) is 10.9 Å². The molecule has 38 heavy (non-hydrogen) atoms. The van der Waals surface area contributed by atoms with E-state index in [1.807, 2.05) is 48.9 Å². The van der Waals surface area contributed by atoms with Gasteiger partial charge in [0.05, 0.1) is 32.0 Å². The fourth-order valence-corrected chi connectivity index (χ4v) is 6.96. The fraction of sp³-hybridized carbons (Fsp3) is 0.185. The number of hydrogen-bond donors (Lipinski definition) is 1. The van der Waals surface area contributed by atoms with Crippen molar-refractivity contribution in [1.29, 1.82) is 0 Å². The summed E-state index contributed by atoms with van der Waals surface area (Å²) in [4.78, 5) is 21.7. The summed E-state index contributed by atoms with van der Waals surface area (Å²) in [5, 5.41) is 16.7. The molecule has 0 bridgehead atoms. The van der Waals surface area contributed by atoms with Gasteiger partial charge in [-0.1, -0.05) is 60.5 Å². The summed E-state index contributed by atoms with van der Waals surface area (Å²) in [6.07, 6.45) is 5.26. The van der Waals surface area contributed by atoms with Crippen LogP contribution >= 0.6 is 46.3 Å². The third kappa shape index (κ3) is 5.11. The lowest BCUT2D eigenvalue weighted by Gasteiger charge is -2.09. The molecule has 7 nitrogen and oxygen atoms in total. The number of benzene rings is 2. The summed E-state index contributed by atoms with van der Waals surface area (Å²) in [5.74, 6) is -1.09. The zero-order valence-corrected chi connectivity index (χ0v) is 24.1. The van der Waals surface area contributed by atoms with Crippen molar-refractivity contribution in [3.8, 4) is 33.2 Å². The summed E-state index contributed by atoms with van der Waals surface area (Å²) in [6.45, 7) is 7.98. The summed E-state index contributed by atoms with van der Waals surface area (Å²) in [5.41, 5.74) is 5.34. The SMILES string of the molecule is Cc1cc(-c2c(C)nn(-c3nc(-c4ccc(Cl)c(Cl)c4)c(SC(C)C)s3)c2C(=O)O)cc(-n2ccnc2)c1. The zero-order chi connectivity index (χ0) is 27.1. The summed E-state index contributed by atoms with van der Waals surface area (Å²) >= 11 is 15.5. The summed E-state index contributed by atoms with van der Waals surface area (Å²) in [7, 11) is 0. The Morgan fingerprint density at radius 2 is 1.87 bits per heavy atom. The van der Waals surface area contributed by atoms with E-state index in [9.17, 15) is 9.90 Å². The summed E-state index contributed by atoms with van der Waals surface area (Å²) in [6, 6.07) is 11.3. The van der Waals surface area contributed by atoms with Crippen LogP contribution in [0.25, 0.3) is 33.2 Å². The van der Waals surface area contributed by atoms with Gasteiger partial charge in [0.2, 0.25) is 5.13 Å². The number of carboxylic acid groups (broad SMARTS) is 1. The van der Waals surface area contributed by atoms with Crippen molar-refractivity contribution in [2.75, 3.05) is 0 Å². The van der Waals surface area contributed by atoms with Crippen LogP contribution in [0, 0.1) is 13.8 Å². The molecule has 0 radical (unpaired) electrons. The highest BCUT2D eigenvalue weighted by Crippen LogP contribution is 2.42. The third-order valence-electron chi connectivity index (χ3n) is 5.72. The van der Waals surface area contributed by atoms with E-state index < -0.39 is 5.97 Å².